The summed E-state index contributed by atoms with van der Waals surface area (Å²) in [5.41, 5.74) is 2.89. The van der Waals surface area contributed by atoms with Crippen molar-refractivity contribution in [1.29, 1.82) is 5.26 Å². The number of nitrogens with one attached hydrogen (secondary N) is 1. The summed E-state index contributed by atoms with van der Waals surface area (Å²) in [4.78, 5) is 0. The Balaban J connectivity index is 2.18. The van der Waals surface area contributed by atoms with Crippen LogP contribution in [0.3, 0.4) is 0 Å². The third-order valence-corrected chi connectivity index (χ3v) is 2.36. The smallest absolute Gasteiger partial charge is 0.0992 e. The fourth-order valence-corrected chi connectivity index (χ4v) is 1.39. The van der Waals surface area contributed by atoms with Crippen LogP contribution in [0.2, 0.25) is 0 Å². The topological polar surface area (TPSA) is 45.0 Å². The van der Waals surface area contributed by atoms with E-state index in [0.29, 0.717) is 11.6 Å². The summed E-state index contributed by atoms with van der Waals surface area (Å²) in [7, 11) is 0. The summed E-state index contributed by atoms with van der Waals surface area (Å²) < 4.78 is 5.08. The number of ether oxygens (including phenoxy) is 1. The number of hydrogen-bond acceptors (Lipinski definition) is 3. The van der Waals surface area contributed by atoms with Crippen molar-refractivity contribution in [3.8, 4) is 6.07 Å². The molecule has 0 radical (unpaired) electrons. The van der Waals surface area contributed by atoms with Crippen LogP contribution in [0.1, 0.15) is 11.1 Å². The Morgan fingerprint density at radius 2 is 2.29 bits per heavy atom. The molecular formula is C11H12N2O. The SMILES string of the molecule is Cc1ccc(C#N)cc1NC1COC1. The highest BCUT2D eigenvalue weighted by atomic mass is 16.5. The lowest BCUT2D eigenvalue weighted by atomic mass is 10.1. The van der Waals surface area contributed by atoms with Gasteiger partial charge in [-0.2, -0.15) is 5.26 Å². The highest BCUT2D eigenvalue weighted by Gasteiger charge is 2.18. The molecule has 1 aliphatic rings. The first kappa shape index (κ1) is 9.04. The van der Waals surface area contributed by atoms with Gasteiger partial charge in [0.1, 0.15) is 0 Å². The molecule has 2 rings (SSSR count). The van der Waals surface area contributed by atoms with Crippen LogP contribution >= 0.6 is 0 Å². The van der Waals surface area contributed by atoms with Crippen molar-refractivity contribution in [3.05, 3.63) is 29.3 Å². The quantitative estimate of drug-likeness (QED) is 0.768. The van der Waals surface area contributed by atoms with E-state index in [1.165, 1.54) is 0 Å². The van der Waals surface area contributed by atoms with Crippen molar-refractivity contribution in [2.75, 3.05) is 18.5 Å². The van der Waals surface area contributed by atoms with Gasteiger partial charge in [0, 0.05) is 5.69 Å². The van der Waals surface area contributed by atoms with Gasteiger partial charge in [0.25, 0.3) is 0 Å². The molecule has 1 aromatic carbocycles. The molecule has 3 heteroatoms. The Morgan fingerprint density at radius 1 is 1.50 bits per heavy atom. The van der Waals surface area contributed by atoms with Crippen LogP contribution in [0.4, 0.5) is 5.69 Å². The lowest BCUT2D eigenvalue weighted by molar-refractivity contribution is 0.0211. The second kappa shape index (κ2) is 3.69. The monoisotopic (exact) mass is 188 g/mol. The van der Waals surface area contributed by atoms with Gasteiger partial charge < -0.3 is 10.1 Å². The number of anilines is 1. The molecule has 0 amide bonds. The van der Waals surface area contributed by atoms with Crippen molar-refractivity contribution in [1.82, 2.24) is 0 Å². The first-order valence-electron chi connectivity index (χ1n) is 4.64. The first-order valence-corrected chi connectivity index (χ1v) is 4.64. The Hall–Kier alpha value is -1.53. The van der Waals surface area contributed by atoms with Gasteiger partial charge in [0.15, 0.2) is 0 Å². The number of rotatable bonds is 2. The molecule has 0 aromatic heterocycles. The number of aryl methyl sites for hydroxylation is 1. The second-order valence-electron chi connectivity index (χ2n) is 3.52. The second-order valence-corrected chi connectivity index (χ2v) is 3.52. The van der Waals surface area contributed by atoms with Gasteiger partial charge in [-0.25, -0.2) is 0 Å². The van der Waals surface area contributed by atoms with Crippen LogP contribution in [0.25, 0.3) is 0 Å². The highest BCUT2D eigenvalue weighted by Crippen LogP contribution is 2.19. The third kappa shape index (κ3) is 1.70. The van der Waals surface area contributed by atoms with Crippen molar-refractivity contribution in [2.24, 2.45) is 0 Å². The summed E-state index contributed by atoms with van der Waals surface area (Å²) in [6.45, 7) is 3.55. The van der Waals surface area contributed by atoms with Crippen LogP contribution in [0.5, 0.6) is 0 Å². The molecule has 3 nitrogen and oxygen atoms in total. The van der Waals surface area contributed by atoms with E-state index in [1.54, 1.807) is 0 Å². The summed E-state index contributed by atoms with van der Waals surface area (Å²) in [6, 6.07) is 8.21. The van der Waals surface area contributed by atoms with Crippen LogP contribution < -0.4 is 5.32 Å². The standard InChI is InChI=1S/C11H12N2O/c1-8-2-3-9(5-12)4-11(8)13-10-6-14-7-10/h2-4,10,13H,6-7H2,1H3. The van der Waals surface area contributed by atoms with Crippen LogP contribution in [-0.4, -0.2) is 19.3 Å². The molecule has 0 atom stereocenters. The zero-order valence-electron chi connectivity index (χ0n) is 8.08. The van der Waals surface area contributed by atoms with E-state index in [-0.39, 0.29) is 0 Å². The molecule has 0 aliphatic carbocycles. The van der Waals surface area contributed by atoms with Crippen molar-refractivity contribution >= 4 is 5.69 Å². The number of nitriles is 1. The third-order valence-electron chi connectivity index (χ3n) is 2.36. The molecule has 0 bridgehead atoms. The minimum Gasteiger partial charge on any atom is -0.377 e. The van der Waals surface area contributed by atoms with E-state index in [4.69, 9.17) is 10.00 Å². The molecule has 0 spiro atoms. The summed E-state index contributed by atoms with van der Waals surface area (Å²) in [5.74, 6) is 0. The van der Waals surface area contributed by atoms with Gasteiger partial charge >= 0.3 is 0 Å². The van der Waals surface area contributed by atoms with E-state index >= 15 is 0 Å². The van der Waals surface area contributed by atoms with Crippen LogP contribution in [-0.2, 0) is 4.74 Å². The van der Waals surface area contributed by atoms with Crippen molar-refractivity contribution in [2.45, 2.75) is 13.0 Å². The lowest BCUT2D eigenvalue weighted by Crippen LogP contribution is -2.40. The van der Waals surface area contributed by atoms with Crippen LogP contribution in [0, 0.1) is 18.3 Å². The molecule has 1 fully saturated rings. The van der Waals surface area contributed by atoms with Gasteiger partial charge in [0.05, 0.1) is 30.9 Å². The van der Waals surface area contributed by atoms with Gasteiger partial charge in [0.2, 0.25) is 0 Å². The minimum absolute atomic E-state index is 0.405. The zero-order chi connectivity index (χ0) is 9.97. The molecule has 14 heavy (non-hydrogen) atoms. The number of hydrogen-bond donors (Lipinski definition) is 1. The molecular weight excluding hydrogens is 176 g/mol. The van der Waals surface area contributed by atoms with Gasteiger partial charge in [-0.1, -0.05) is 6.07 Å². The maximum Gasteiger partial charge on any atom is 0.0992 e. The normalized spacial score (nSPS) is 15.7. The first-order chi connectivity index (χ1) is 6.79. The van der Waals surface area contributed by atoms with Crippen molar-refractivity contribution < 1.29 is 4.74 Å². The van der Waals surface area contributed by atoms with E-state index in [0.717, 1.165) is 24.5 Å². The Kier molecular flexibility index (Phi) is 2.38. The molecule has 1 heterocycles. The van der Waals surface area contributed by atoms with E-state index in [1.807, 2.05) is 25.1 Å². The maximum absolute atomic E-state index is 8.76. The molecule has 1 saturated heterocycles. The predicted molar refractivity (Wildman–Crippen MR) is 54.1 cm³/mol. The molecule has 0 saturated carbocycles. The molecule has 1 N–H and O–H groups in total. The predicted octanol–water partition coefficient (Wildman–Crippen LogP) is 1.68. The van der Waals surface area contributed by atoms with E-state index < -0.39 is 0 Å². The van der Waals surface area contributed by atoms with Gasteiger partial charge in [-0.05, 0) is 24.6 Å². The molecule has 0 unspecified atom stereocenters. The van der Waals surface area contributed by atoms with Gasteiger partial charge in [-0.3, -0.25) is 0 Å². The Labute approximate surface area is 83.3 Å². The highest BCUT2D eigenvalue weighted by molar-refractivity contribution is 5.55. The number of nitrogens with zero attached hydrogens (tertiary/aromatic N) is 1. The minimum atomic E-state index is 0.405. The average molecular weight is 188 g/mol. The van der Waals surface area contributed by atoms with E-state index in [2.05, 4.69) is 11.4 Å². The van der Waals surface area contributed by atoms with Gasteiger partial charge in [-0.15, -0.1) is 0 Å². The summed E-state index contributed by atoms with van der Waals surface area (Å²) in [6.07, 6.45) is 0. The molecule has 1 aromatic rings. The summed E-state index contributed by atoms with van der Waals surface area (Å²) in [5, 5.41) is 12.1. The van der Waals surface area contributed by atoms with Crippen LogP contribution in [0.15, 0.2) is 18.2 Å². The fraction of sp³-hybridized carbons (Fsp3) is 0.364. The maximum atomic E-state index is 8.76. The average Bonchev–Trinajstić information content (AvgIpc) is 2.14. The lowest BCUT2D eigenvalue weighted by Gasteiger charge is -2.28. The number of benzene rings is 1. The Bertz CT molecular complexity index is 377. The Morgan fingerprint density at radius 3 is 2.86 bits per heavy atom. The molecule has 72 valence electrons. The fourth-order valence-electron chi connectivity index (χ4n) is 1.39. The zero-order valence-corrected chi connectivity index (χ0v) is 8.08. The van der Waals surface area contributed by atoms with E-state index in [9.17, 15) is 0 Å². The largest absolute Gasteiger partial charge is 0.377 e. The summed E-state index contributed by atoms with van der Waals surface area (Å²) >= 11 is 0. The van der Waals surface area contributed by atoms with Crippen molar-refractivity contribution in [3.63, 3.8) is 0 Å². The molecule has 1 aliphatic heterocycles.